The number of rotatable bonds is 4. The summed E-state index contributed by atoms with van der Waals surface area (Å²) in [5.41, 5.74) is 0. The summed E-state index contributed by atoms with van der Waals surface area (Å²) in [5, 5.41) is 3.12. The van der Waals surface area contributed by atoms with Gasteiger partial charge < -0.3 is 4.90 Å². The number of nitrogens with zero attached hydrogens (tertiary/aromatic N) is 1. The second-order valence-corrected chi connectivity index (χ2v) is 5.23. The Morgan fingerprint density at radius 2 is 1.89 bits per heavy atom. The van der Waals surface area contributed by atoms with Gasteiger partial charge in [0.25, 0.3) is 0 Å². The van der Waals surface area contributed by atoms with Gasteiger partial charge in [-0.3, -0.25) is 10.1 Å². The van der Waals surface area contributed by atoms with Gasteiger partial charge in [0.15, 0.2) is 0 Å². The van der Waals surface area contributed by atoms with E-state index >= 15 is 0 Å². The van der Waals surface area contributed by atoms with Crippen LogP contribution in [0.15, 0.2) is 0 Å². The first-order chi connectivity index (χ1) is 8.17. The molecule has 1 aliphatic rings. The van der Waals surface area contributed by atoms with Crippen molar-refractivity contribution in [2.24, 2.45) is 5.92 Å². The van der Waals surface area contributed by atoms with E-state index in [0.29, 0.717) is 6.42 Å². The maximum Gasteiger partial charge on any atom is 0.391 e. The number of carbonyl (C=O) groups is 1. The third kappa shape index (κ3) is 3.37. The molecule has 3 unspecified atom stereocenters. The molecule has 1 amide bonds. The molecule has 1 rings (SSSR count). The summed E-state index contributed by atoms with van der Waals surface area (Å²) in [4.78, 5) is 13.5. The average Bonchev–Trinajstić information content (AvgIpc) is 2.52. The van der Waals surface area contributed by atoms with Crippen LogP contribution in [0.4, 0.5) is 13.2 Å². The van der Waals surface area contributed by atoms with Crippen LogP contribution in [-0.2, 0) is 4.79 Å². The molecule has 106 valence electrons. The first kappa shape index (κ1) is 15.3. The van der Waals surface area contributed by atoms with Crippen molar-refractivity contribution in [1.82, 2.24) is 10.2 Å². The van der Waals surface area contributed by atoms with E-state index < -0.39 is 18.6 Å². The van der Waals surface area contributed by atoms with E-state index in [1.807, 2.05) is 20.8 Å². The van der Waals surface area contributed by atoms with Gasteiger partial charge in [-0.25, -0.2) is 0 Å². The zero-order valence-electron chi connectivity index (χ0n) is 11.2. The Hall–Kier alpha value is -0.780. The highest BCUT2D eigenvalue weighted by Crippen LogP contribution is 2.28. The molecule has 0 bridgehead atoms. The molecule has 0 aromatic heterocycles. The average molecular weight is 266 g/mol. The molecule has 0 aromatic rings. The quantitative estimate of drug-likeness (QED) is 0.848. The monoisotopic (exact) mass is 266 g/mol. The number of hydrogen-bond acceptors (Lipinski definition) is 2. The first-order valence-corrected chi connectivity index (χ1v) is 6.32. The summed E-state index contributed by atoms with van der Waals surface area (Å²) < 4.78 is 37.2. The van der Waals surface area contributed by atoms with E-state index in [1.54, 1.807) is 0 Å². The summed E-state index contributed by atoms with van der Waals surface area (Å²) in [6.45, 7) is 7.10. The van der Waals surface area contributed by atoms with Gasteiger partial charge in [-0.15, -0.1) is 0 Å². The standard InChI is InChI=1S/C12H21F3N2O/c1-5-9-16-10(7(2)3)11(18)17(9)8(4)6-12(13,14)15/h7-10,16H,5-6H2,1-4H3. The lowest BCUT2D eigenvalue weighted by Gasteiger charge is -2.30. The Morgan fingerprint density at radius 1 is 1.33 bits per heavy atom. The van der Waals surface area contributed by atoms with Crippen LogP contribution in [0.5, 0.6) is 0 Å². The molecule has 0 radical (unpaired) electrons. The third-order valence-electron chi connectivity index (χ3n) is 3.28. The number of halogens is 3. The maximum atomic E-state index is 12.4. The zero-order chi connectivity index (χ0) is 14.1. The number of carbonyl (C=O) groups excluding carboxylic acids is 1. The molecule has 1 fully saturated rings. The molecule has 0 spiro atoms. The molecule has 3 atom stereocenters. The summed E-state index contributed by atoms with van der Waals surface area (Å²) in [6.07, 6.45) is -4.88. The molecule has 1 N–H and O–H groups in total. The molecule has 6 heteroatoms. The zero-order valence-corrected chi connectivity index (χ0v) is 11.2. The fourth-order valence-electron chi connectivity index (χ4n) is 2.42. The topological polar surface area (TPSA) is 32.3 Å². The Morgan fingerprint density at radius 3 is 2.28 bits per heavy atom. The van der Waals surface area contributed by atoms with Crippen molar-refractivity contribution in [1.29, 1.82) is 0 Å². The lowest BCUT2D eigenvalue weighted by atomic mass is 10.0. The smallest absolute Gasteiger partial charge is 0.323 e. The van der Waals surface area contributed by atoms with Gasteiger partial charge in [-0.2, -0.15) is 13.2 Å². The van der Waals surface area contributed by atoms with E-state index in [0.717, 1.165) is 0 Å². The minimum Gasteiger partial charge on any atom is -0.323 e. The van der Waals surface area contributed by atoms with E-state index in [9.17, 15) is 18.0 Å². The number of nitrogens with one attached hydrogen (secondary N) is 1. The van der Waals surface area contributed by atoms with Crippen molar-refractivity contribution < 1.29 is 18.0 Å². The first-order valence-electron chi connectivity index (χ1n) is 6.32. The second-order valence-electron chi connectivity index (χ2n) is 5.23. The van der Waals surface area contributed by atoms with Crippen molar-refractivity contribution in [3.05, 3.63) is 0 Å². The van der Waals surface area contributed by atoms with E-state index in [2.05, 4.69) is 5.32 Å². The van der Waals surface area contributed by atoms with Crippen LogP contribution in [0.3, 0.4) is 0 Å². The highest BCUT2D eigenvalue weighted by Gasteiger charge is 2.44. The van der Waals surface area contributed by atoms with Crippen molar-refractivity contribution in [2.45, 2.75) is 65.0 Å². The summed E-state index contributed by atoms with van der Waals surface area (Å²) in [6, 6.07) is -1.19. The minimum absolute atomic E-state index is 0.0784. The Balaban J connectivity index is 2.82. The molecule has 0 aromatic carbocycles. The van der Waals surface area contributed by atoms with Gasteiger partial charge in [0.2, 0.25) is 5.91 Å². The predicted octanol–water partition coefficient (Wildman–Crippen LogP) is 2.52. The van der Waals surface area contributed by atoms with Crippen molar-refractivity contribution in [3.8, 4) is 0 Å². The predicted molar refractivity (Wildman–Crippen MR) is 62.8 cm³/mol. The SMILES string of the molecule is CCC1NC(C(C)C)C(=O)N1C(C)CC(F)(F)F. The van der Waals surface area contributed by atoms with Gasteiger partial charge in [-0.05, 0) is 19.3 Å². The van der Waals surface area contributed by atoms with Crippen LogP contribution in [0.2, 0.25) is 0 Å². The molecular weight excluding hydrogens is 245 g/mol. The van der Waals surface area contributed by atoms with Gasteiger partial charge >= 0.3 is 6.18 Å². The highest BCUT2D eigenvalue weighted by molar-refractivity contribution is 5.84. The molecule has 3 nitrogen and oxygen atoms in total. The van der Waals surface area contributed by atoms with Crippen LogP contribution in [0.25, 0.3) is 0 Å². The maximum absolute atomic E-state index is 12.4. The fraction of sp³-hybridized carbons (Fsp3) is 0.917. The molecule has 1 aliphatic heterocycles. The Bertz CT molecular complexity index is 304. The normalized spacial score (nSPS) is 27.1. The largest absolute Gasteiger partial charge is 0.391 e. The van der Waals surface area contributed by atoms with Gasteiger partial charge in [0.05, 0.1) is 18.6 Å². The van der Waals surface area contributed by atoms with Crippen LogP contribution in [0.1, 0.15) is 40.5 Å². The van der Waals surface area contributed by atoms with Crippen LogP contribution < -0.4 is 5.32 Å². The molecule has 0 aliphatic carbocycles. The fourth-order valence-corrected chi connectivity index (χ4v) is 2.42. The number of hydrogen-bond donors (Lipinski definition) is 1. The second kappa shape index (κ2) is 5.47. The number of alkyl halides is 3. The molecule has 18 heavy (non-hydrogen) atoms. The van der Waals surface area contributed by atoms with Crippen LogP contribution in [-0.4, -0.2) is 35.2 Å². The van der Waals surface area contributed by atoms with Crippen molar-refractivity contribution >= 4 is 5.91 Å². The lowest BCUT2D eigenvalue weighted by Crippen LogP contribution is -2.44. The molecular formula is C12H21F3N2O. The third-order valence-corrected chi connectivity index (χ3v) is 3.28. The summed E-state index contributed by atoms with van der Waals surface area (Å²) in [5.74, 6) is -0.136. The molecule has 0 saturated carbocycles. The van der Waals surface area contributed by atoms with E-state index in [1.165, 1.54) is 11.8 Å². The van der Waals surface area contributed by atoms with Gasteiger partial charge in [0, 0.05) is 6.04 Å². The minimum atomic E-state index is -4.24. The Kier molecular flexibility index (Phi) is 4.64. The summed E-state index contributed by atoms with van der Waals surface area (Å²) in [7, 11) is 0. The highest BCUT2D eigenvalue weighted by atomic mass is 19.4. The van der Waals surface area contributed by atoms with Crippen molar-refractivity contribution in [3.63, 3.8) is 0 Å². The van der Waals surface area contributed by atoms with Gasteiger partial charge in [-0.1, -0.05) is 20.8 Å². The molecule has 1 heterocycles. The number of amides is 1. The van der Waals surface area contributed by atoms with Crippen molar-refractivity contribution in [2.75, 3.05) is 0 Å². The van der Waals surface area contributed by atoms with E-state index in [-0.39, 0.29) is 24.0 Å². The van der Waals surface area contributed by atoms with Crippen LogP contribution in [0, 0.1) is 5.92 Å². The summed E-state index contributed by atoms with van der Waals surface area (Å²) >= 11 is 0. The Labute approximate surface area is 106 Å². The van der Waals surface area contributed by atoms with Gasteiger partial charge in [0.1, 0.15) is 0 Å². The molecule has 1 saturated heterocycles. The van der Waals surface area contributed by atoms with Crippen LogP contribution >= 0.6 is 0 Å². The lowest BCUT2D eigenvalue weighted by molar-refractivity contribution is -0.153. The van der Waals surface area contributed by atoms with E-state index in [4.69, 9.17) is 0 Å².